The van der Waals surface area contributed by atoms with Crippen LogP contribution in [0, 0.1) is 5.41 Å². The fraction of sp³-hybridized carbons (Fsp3) is 0.500. The van der Waals surface area contributed by atoms with Crippen molar-refractivity contribution in [1.82, 2.24) is 10.3 Å². The van der Waals surface area contributed by atoms with Gasteiger partial charge < -0.3 is 15.7 Å². The maximum absolute atomic E-state index is 11.8. The van der Waals surface area contributed by atoms with E-state index in [9.17, 15) is 9.59 Å². The summed E-state index contributed by atoms with van der Waals surface area (Å²) in [6.07, 6.45) is 7.24. The molecule has 1 aromatic rings. The summed E-state index contributed by atoms with van der Waals surface area (Å²) >= 11 is 0. The molecule has 1 aliphatic carbocycles. The first-order chi connectivity index (χ1) is 9.54. The van der Waals surface area contributed by atoms with Crippen LogP contribution in [-0.4, -0.2) is 28.6 Å². The molecule has 0 spiro atoms. The van der Waals surface area contributed by atoms with Gasteiger partial charge in [0.25, 0.3) is 0 Å². The van der Waals surface area contributed by atoms with Crippen LogP contribution < -0.4 is 10.6 Å². The fourth-order valence-electron chi connectivity index (χ4n) is 2.29. The first kappa shape index (κ1) is 14.3. The van der Waals surface area contributed by atoms with Crippen LogP contribution in [-0.2, 0) is 0 Å². The zero-order valence-electron chi connectivity index (χ0n) is 11.5. The maximum Gasteiger partial charge on any atom is 0.337 e. The van der Waals surface area contributed by atoms with E-state index in [-0.39, 0.29) is 17.0 Å². The third-order valence-corrected chi connectivity index (χ3v) is 3.60. The number of urea groups is 1. The van der Waals surface area contributed by atoms with Gasteiger partial charge in [0, 0.05) is 12.7 Å². The van der Waals surface area contributed by atoms with Gasteiger partial charge in [-0.25, -0.2) is 9.59 Å². The van der Waals surface area contributed by atoms with Crippen LogP contribution in [0.15, 0.2) is 18.5 Å². The smallest absolute Gasteiger partial charge is 0.337 e. The van der Waals surface area contributed by atoms with Gasteiger partial charge >= 0.3 is 12.0 Å². The quantitative estimate of drug-likeness (QED) is 0.745. The molecule has 1 aromatic heterocycles. The molecule has 20 heavy (non-hydrogen) atoms. The molecule has 6 heteroatoms. The summed E-state index contributed by atoms with van der Waals surface area (Å²) in [6, 6.07) is 1.06. The van der Waals surface area contributed by atoms with Gasteiger partial charge in [-0.05, 0) is 30.7 Å². The van der Waals surface area contributed by atoms with Crippen molar-refractivity contribution >= 4 is 17.7 Å². The number of hydrogen-bond acceptors (Lipinski definition) is 3. The molecule has 0 bridgehead atoms. The predicted octanol–water partition coefficient (Wildman–Crippen LogP) is 2.48. The second-order valence-corrected chi connectivity index (χ2v) is 5.33. The molecule has 1 aliphatic rings. The van der Waals surface area contributed by atoms with Crippen molar-refractivity contribution in [2.75, 3.05) is 11.9 Å². The van der Waals surface area contributed by atoms with Crippen LogP contribution in [0.25, 0.3) is 0 Å². The lowest BCUT2D eigenvalue weighted by Gasteiger charge is -2.15. The van der Waals surface area contributed by atoms with E-state index in [1.807, 2.05) is 0 Å². The van der Waals surface area contributed by atoms with E-state index >= 15 is 0 Å². The third kappa shape index (κ3) is 3.69. The fourth-order valence-corrected chi connectivity index (χ4v) is 2.29. The molecule has 1 fully saturated rings. The van der Waals surface area contributed by atoms with Crippen LogP contribution in [0.5, 0.6) is 0 Å². The normalized spacial score (nSPS) is 15.4. The highest BCUT2D eigenvalue weighted by Gasteiger charge is 2.41. The van der Waals surface area contributed by atoms with Gasteiger partial charge in [0.2, 0.25) is 0 Å². The number of nitrogens with zero attached hydrogens (tertiary/aromatic N) is 1. The molecule has 0 aliphatic heterocycles. The van der Waals surface area contributed by atoms with Gasteiger partial charge in [-0.15, -0.1) is 0 Å². The SMILES string of the molecule is CCCC1(CNC(=O)Nc2cncc(C(=O)O)c2)CC1. The van der Waals surface area contributed by atoms with E-state index in [0.717, 1.165) is 25.7 Å². The molecule has 1 heterocycles. The Bertz CT molecular complexity index is 512. The Morgan fingerprint density at radius 2 is 2.15 bits per heavy atom. The van der Waals surface area contributed by atoms with Crippen LogP contribution in [0.3, 0.4) is 0 Å². The van der Waals surface area contributed by atoms with E-state index in [2.05, 4.69) is 22.5 Å². The van der Waals surface area contributed by atoms with Crippen molar-refractivity contribution in [3.63, 3.8) is 0 Å². The van der Waals surface area contributed by atoms with Gasteiger partial charge in [-0.1, -0.05) is 13.3 Å². The summed E-state index contributed by atoms with van der Waals surface area (Å²) in [4.78, 5) is 26.4. The van der Waals surface area contributed by atoms with Gasteiger partial charge in [-0.3, -0.25) is 4.98 Å². The Labute approximate surface area is 117 Å². The van der Waals surface area contributed by atoms with Crippen molar-refractivity contribution in [3.05, 3.63) is 24.0 Å². The average Bonchev–Trinajstić information content (AvgIpc) is 3.17. The first-order valence-corrected chi connectivity index (χ1v) is 6.78. The molecule has 0 radical (unpaired) electrons. The molecule has 0 unspecified atom stereocenters. The Morgan fingerprint density at radius 1 is 1.40 bits per heavy atom. The topological polar surface area (TPSA) is 91.3 Å². The molecule has 0 atom stereocenters. The van der Waals surface area contributed by atoms with Gasteiger partial charge in [0.1, 0.15) is 0 Å². The lowest BCUT2D eigenvalue weighted by Crippen LogP contribution is -2.33. The van der Waals surface area contributed by atoms with E-state index in [4.69, 9.17) is 5.11 Å². The number of aromatic nitrogens is 1. The van der Waals surface area contributed by atoms with Crippen molar-refractivity contribution in [1.29, 1.82) is 0 Å². The minimum atomic E-state index is -1.07. The molecule has 2 amide bonds. The summed E-state index contributed by atoms with van der Waals surface area (Å²) in [5, 5.41) is 14.3. The Morgan fingerprint density at radius 3 is 2.75 bits per heavy atom. The van der Waals surface area contributed by atoms with E-state index in [0.29, 0.717) is 12.2 Å². The number of rotatable bonds is 6. The predicted molar refractivity (Wildman–Crippen MR) is 74.8 cm³/mol. The van der Waals surface area contributed by atoms with Crippen molar-refractivity contribution < 1.29 is 14.7 Å². The van der Waals surface area contributed by atoms with E-state index < -0.39 is 5.97 Å². The summed E-state index contributed by atoms with van der Waals surface area (Å²) in [5.74, 6) is -1.07. The average molecular weight is 277 g/mol. The molecule has 3 N–H and O–H groups in total. The number of amides is 2. The summed E-state index contributed by atoms with van der Waals surface area (Å²) < 4.78 is 0. The number of carbonyl (C=O) groups excluding carboxylic acids is 1. The van der Waals surface area contributed by atoms with Gasteiger partial charge in [0.05, 0.1) is 17.4 Å². The van der Waals surface area contributed by atoms with E-state index in [1.165, 1.54) is 18.5 Å². The number of anilines is 1. The second-order valence-electron chi connectivity index (χ2n) is 5.33. The zero-order valence-corrected chi connectivity index (χ0v) is 11.5. The minimum Gasteiger partial charge on any atom is -0.478 e. The number of carboxylic acids is 1. The Kier molecular flexibility index (Phi) is 4.22. The zero-order chi connectivity index (χ0) is 14.6. The van der Waals surface area contributed by atoms with Gasteiger partial charge in [0.15, 0.2) is 0 Å². The number of hydrogen-bond donors (Lipinski definition) is 3. The number of nitrogens with one attached hydrogen (secondary N) is 2. The van der Waals surface area contributed by atoms with Crippen molar-refractivity contribution in [2.45, 2.75) is 32.6 Å². The second kappa shape index (κ2) is 5.90. The summed E-state index contributed by atoms with van der Waals surface area (Å²) in [7, 11) is 0. The molecular formula is C14H19N3O3. The van der Waals surface area contributed by atoms with E-state index in [1.54, 1.807) is 0 Å². The highest BCUT2D eigenvalue weighted by molar-refractivity contribution is 5.92. The monoisotopic (exact) mass is 277 g/mol. The molecule has 0 saturated heterocycles. The molecule has 2 rings (SSSR count). The summed E-state index contributed by atoms with van der Waals surface area (Å²) in [6.45, 7) is 2.81. The lowest BCUT2D eigenvalue weighted by atomic mass is 10.0. The summed E-state index contributed by atoms with van der Waals surface area (Å²) in [5.41, 5.74) is 0.711. The molecule has 1 saturated carbocycles. The Balaban J connectivity index is 1.85. The molecule has 6 nitrogen and oxygen atoms in total. The molecule has 0 aromatic carbocycles. The third-order valence-electron chi connectivity index (χ3n) is 3.60. The van der Waals surface area contributed by atoms with Crippen LogP contribution in [0.4, 0.5) is 10.5 Å². The van der Waals surface area contributed by atoms with Crippen LogP contribution in [0.2, 0.25) is 0 Å². The maximum atomic E-state index is 11.8. The minimum absolute atomic E-state index is 0.0486. The first-order valence-electron chi connectivity index (χ1n) is 6.78. The number of carbonyl (C=O) groups is 2. The number of pyridine rings is 1. The highest BCUT2D eigenvalue weighted by Crippen LogP contribution is 2.48. The van der Waals surface area contributed by atoms with Crippen LogP contribution in [0.1, 0.15) is 43.0 Å². The van der Waals surface area contributed by atoms with Crippen molar-refractivity contribution in [3.8, 4) is 0 Å². The Hall–Kier alpha value is -2.11. The van der Waals surface area contributed by atoms with Crippen molar-refractivity contribution in [2.24, 2.45) is 5.41 Å². The lowest BCUT2D eigenvalue weighted by molar-refractivity contribution is 0.0696. The highest BCUT2D eigenvalue weighted by atomic mass is 16.4. The molecular weight excluding hydrogens is 258 g/mol. The number of aromatic carboxylic acids is 1. The van der Waals surface area contributed by atoms with Gasteiger partial charge in [-0.2, -0.15) is 0 Å². The largest absolute Gasteiger partial charge is 0.478 e. The number of carboxylic acid groups (broad SMARTS) is 1. The standard InChI is InChI=1S/C14H19N3O3/c1-2-3-14(4-5-14)9-16-13(20)17-11-6-10(12(18)19)7-15-8-11/h6-8H,2-5,9H2,1H3,(H,18,19)(H2,16,17,20). The van der Waals surface area contributed by atoms with Crippen LogP contribution >= 0.6 is 0 Å². The molecule has 108 valence electrons.